The lowest BCUT2D eigenvalue weighted by Crippen LogP contribution is -2.43. The molecule has 2 N–H and O–H groups in total. The molecule has 1 heterocycles. The molecular formula is C14H21FN2O2S. The Bertz CT molecular complexity index is 537. The second-order valence-corrected chi connectivity index (χ2v) is 7.57. The van der Waals surface area contributed by atoms with Crippen molar-refractivity contribution in [2.45, 2.75) is 25.5 Å². The lowest BCUT2D eigenvalue weighted by molar-refractivity contribution is 0.232. The second kappa shape index (κ2) is 6.20. The minimum atomic E-state index is -3.38. The van der Waals surface area contributed by atoms with Crippen LogP contribution >= 0.6 is 0 Å². The van der Waals surface area contributed by atoms with Crippen molar-refractivity contribution in [3.05, 3.63) is 35.6 Å². The first-order valence-electron chi connectivity index (χ1n) is 6.81. The molecule has 0 radical (unpaired) electrons. The average Bonchev–Trinajstić information content (AvgIpc) is 2.40. The van der Waals surface area contributed by atoms with Crippen LogP contribution in [0.3, 0.4) is 0 Å². The normalized spacial score (nSPS) is 18.9. The van der Waals surface area contributed by atoms with E-state index in [-0.39, 0.29) is 17.0 Å². The van der Waals surface area contributed by atoms with Crippen molar-refractivity contribution in [3.8, 4) is 0 Å². The number of benzene rings is 1. The molecule has 1 aromatic carbocycles. The predicted octanol–water partition coefficient (Wildman–Crippen LogP) is 1.63. The third kappa shape index (κ3) is 4.54. The van der Waals surface area contributed by atoms with Gasteiger partial charge in [-0.15, -0.1) is 0 Å². The first-order valence-corrected chi connectivity index (χ1v) is 8.46. The van der Waals surface area contributed by atoms with Crippen molar-refractivity contribution >= 4 is 10.0 Å². The van der Waals surface area contributed by atoms with E-state index >= 15 is 0 Å². The molecule has 1 aliphatic heterocycles. The lowest BCUT2D eigenvalue weighted by Gasteiger charge is -2.34. The average molecular weight is 300 g/mol. The Balaban J connectivity index is 1.92. The summed E-state index contributed by atoms with van der Waals surface area (Å²) >= 11 is 0. The zero-order valence-corrected chi connectivity index (χ0v) is 12.5. The van der Waals surface area contributed by atoms with E-state index in [0.29, 0.717) is 12.1 Å². The summed E-state index contributed by atoms with van der Waals surface area (Å²) in [4.78, 5) is 0. The van der Waals surface area contributed by atoms with E-state index < -0.39 is 10.0 Å². The molecule has 2 rings (SSSR count). The second-order valence-electron chi connectivity index (χ2n) is 5.77. The van der Waals surface area contributed by atoms with Gasteiger partial charge in [0.25, 0.3) is 0 Å². The molecule has 0 unspecified atom stereocenters. The Hall–Kier alpha value is -0.980. The monoisotopic (exact) mass is 300 g/mol. The number of halogens is 1. The van der Waals surface area contributed by atoms with Crippen LogP contribution in [0.15, 0.2) is 24.3 Å². The zero-order valence-electron chi connectivity index (χ0n) is 11.7. The van der Waals surface area contributed by atoms with Gasteiger partial charge < -0.3 is 5.32 Å². The van der Waals surface area contributed by atoms with E-state index in [4.69, 9.17) is 0 Å². The third-order valence-corrected chi connectivity index (χ3v) is 5.10. The summed E-state index contributed by atoms with van der Waals surface area (Å²) in [5, 5.41) is 3.27. The number of nitrogens with one attached hydrogen (secondary N) is 2. The Kier molecular flexibility index (Phi) is 4.78. The van der Waals surface area contributed by atoms with Crippen LogP contribution in [0.4, 0.5) is 4.39 Å². The van der Waals surface area contributed by atoms with Gasteiger partial charge in [-0.1, -0.05) is 19.1 Å². The topological polar surface area (TPSA) is 58.2 Å². The van der Waals surface area contributed by atoms with Crippen LogP contribution in [0.1, 0.15) is 25.3 Å². The smallest absolute Gasteiger partial charge is 0.215 e. The van der Waals surface area contributed by atoms with Crippen LogP contribution in [0.25, 0.3) is 0 Å². The first-order chi connectivity index (χ1) is 9.39. The highest BCUT2D eigenvalue weighted by molar-refractivity contribution is 7.88. The molecule has 6 heteroatoms. The maximum Gasteiger partial charge on any atom is 0.215 e. The molecule has 0 aromatic heterocycles. The van der Waals surface area contributed by atoms with E-state index in [9.17, 15) is 12.8 Å². The molecular weight excluding hydrogens is 279 g/mol. The van der Waals surface area contributed by atoms with E-state index in [2.05, 4.69) is 17.0 Å². The Morgan fingerprint density at radius 3 is 2.45 bits per heavy atom. The predicted molar refractivity (Wildman–Crippen MR) is 77.2 cm³/mol. The molecule has 0 spiro atoms. The quantitative estimate of drug-likeness (QED) is 0.869. The molecule has 20 heavy (non-hydrogen) atoms. The molecule has 0 saturated carbocycles. The van der Waals surface area contributed by atoms with Crippen molar-refractivity contribution in [1.29, 1.82) is 0 Å². The molecule has 0 amide bonds. The molecule has 1 saturated heterocycles. The maximum atomic E-state index is 12.8. The van der Waals surface area contributed by atoms with E-state index in [1.807, 2.05) is 0 Å². The summed E-state index contributed by atoms with van der Waals surface area (Å²) in [6, 6.07) is 5.56. The Morgan fingerprint density at radius 2 is 1.85 bits per heavy atom. The standard InChI is InChI=1S/C14H21FN2O2S/c1-14(6-8-16-9-7-14)11-17-20(18,19)10-12-2-4-13(15)5-3-12/h2-5,16-17H,6-11H2,1H3. The van der Waals surface area contributed by atoms with E-state index in [1.165, 1.54) is 24.3 Å². The van der Waals surface area contributed by atoms with Crippen LogP contribution in [0.2, 0.25) is 0 Å². The number of hydrogen-bond donors (Lipinski definition) is 2. The summed E-state index contributed by atoms with van der Waals surface area (Å²) in [6.45, 7) is 4.42. The van der Waals surface area contributed by atoms with Crippen molar-refractivity contribution in [1.82, 2.24) is 10.0 Å². The van der Waals surface area contributed by atoms with Gasteiger partial charge >= 0.3 is 0 Å². The van der Waals surface area contributed by atoms with Crippen LogP contribution < -0.4 is 10.0 Å². The number of piperidine rings is 1. The highest BCUT2D eigenvalue weighted by Gasteiger charge is 2.28. The minimum Gasteiger partial charge on any atom is -0.317 e. The van der Waals surface area contributed by atoms with Crippen LogP contribution in [0, 0.1) is 11.2 Å². The Morgan fingerprint density at radius 1 is 1.25 bits per heavy atom. The molecule has 1 aromatic rings. The summed E-state index contributed by atoms with van der Waals surface area (Å²) in [5.74, 6) is -0.469. The molecule has 1 fully saturated rings. The summed E-state index contributed by atoms with van der Waals surface area (Å²) in [5.41, 5.74) is 0.607. The van der Waals surface area contributed by atoms with E-state index in [0.717, 1.165) is 25.9 Å². The van der Waals surface area contributed by atoms with Crippen LogP contribution in [-0.4, -0.2) is 28.1 Å². The summed E-state index contributed by atoms with van der Waals surface area (Å²) < 4.78 is 39.6. The number of rotatable bonds is 5. The molecule has 0 atom stereocenters. The summed E-state index contributed by atoms with van der Waals surface area (Å²) in [6.07, 6.45) is 1.93. The minimum absolute atomic E-state index is 0.0150. The van der Waals surface area contributed by atoms with Gasteiger partial charge in [0.1, 0.15) is 5.82 Å². The fraction of sp³-hybridized carbons (Fsp3) is 0.571. The largest absolute Gasteiger partial charge is 0.317 e. The molecule has 0 bridgehead atoms. The van der Waals surface area contributed by atoms with Gasteiger partial charge in [-0.2, -0.15) is 0 Å². The number of hydrogen-bond acceptors (Lipinski definition) is 3. The van der Waals surface area contributed by atoms with Gasteiger partial charge in [0.2, 0.25) is 10.0 Å². The highest BCUT2D eigenvalue weighted by Crippen LogP contribution is 2.27. The fourth-order valence-electron chi connectivity index (χ4n) is 2.34. The molecule has 4 nitrogen and oxygen atoms in total. The lowest BCUT2D eigenvalue weighted by atomic mass is 9.81. The third-order valence-electron chi connectivity index (χ3n) is 3.80. The number of sulfonamides is 1. The van der Waals surface area contributed by atoms with Gasteiger partial charge in [0.05, 0.1) is 5.75 Å². The van der Waals surface area contributed by atoms with Gasteiger partial charge in [-0.3, -0.25) is 0 Å². The van der Waals surface area contributed by atoms with Crippen molar-refractivity contribution in [2.24, 2.45) is 5.41 Å². The summed E-state index contributed by atoms with van der Waals surface area (Å²) in [7, 11) is -3.38. The van der Waals surface area contributed by atoms with Crippen molar-refractivity contribution < 1.29 is 12.8 Å². The van der Waals surface area contributed by atoms with Crippen molar-refractivity contribution in [2.75, 3.05) is 19.6 Å². The van der Waals surface area contributed by atoms with Crippen molar-refractivity contribution in [3.63, 3.8) is 0 Å². The van der Waals surface area contributed by atoms with E-state index in [1.54, 1.807) is 0 Å². The molecule has 112 valence electrons. The van der Waals surface area contributed by atoms with Gasteiger partial charge in [-0.05, 0) is 49.0 Å². The fourth-order valence-corrected chi connectivity index (χ4v) is 3.64. The van der Waals surface area contributed by atoms with Crippen LogP contribution in [0.5, 0.6) is 0 Å². The van der Waals surface area contributed by atoms with Crippen LogP contribution in [-0.2, 0) is 15.8 Å². The Labute approximate surface area is 119 Å². The SMILES string of the molecule is CC1(CNS(=O)(=O)Cc2ccc(F)cc2)CCNCC1. The zero-order chi connectivity index (χ0) is 14.6. The highest BCUT2D eigenvalue weighted by atomic mass is 32.2. The molecule has 0 aliphatic carbocycles. The maximum absolute atomic E-state index is 12.8. The first kappa shape index (κ1) is 15.4. The van der Waals surface area contributed by atoms with Gasteiger partial charge in [-0.25, -0.2) is 17.5 Å². The van der Waals surface area contributed by atoms with Gasteiger partial charge in [0, 0.05) is 6.54 Å². The van der Waals surface area contributed by atoms with Gasteiger partial charge in [0.15, 0.2) is 0 Å². The molecule has 1 aliphatic rings.